The summed E-state index contributed by atoms with van der Waals surface area (Å²) in [6.07, 6.45) is 3.39. The van der Waals surface area contributed by atoms with E-state index in [1.165, 1.54) is 5.56 Å². The highest BCUT2D eigenvalue weighted by molar-refractivity contribution is 5.94. The molecule has 0 fully saturated rings. The Hall–Kier alpha value is -3.67. The highest BCUT2D eigenvalue weighted by atomic mass is 16.5. The summed E-state index contributed by atoms with van der Waals surface area (Å²) in [5, 5.41) is 11.4. The fraction of sp³-hybridized carbons (Fsp3) is 0.406. The molecule has 0 radical (unpaired) electrons. The Balaban J connectivity index is 1.74. The Labute approximate surface area is 226 Å². The number of carbonyl (C=O) groups is 2. The van der Waals surface area contributed by atoms with Crippen LogP contribution in [0.4, 0.5) is 0 Å². The summed E-state index contributed by atoms with van der Waals surface area (Å²) >= 11 is 0. The lowest BCUT2D eigenvalue weighted by Crippen LogP contribution is -2.25. The predicted molar refractivity (Wildman–Crippen MR) is 151 cm³/mol. The van der Waals surface area contributed by atoms with Crippen LogP contribution >= 0.6 is 0 Å². The van der Waals surface area contributed by atoms with Crippen molar-refractivity contribution in [2.24, 2.45) is 5.41 Å². The van der Waals surface area contributed by atoms with Gasteiger partial charge < -0.3 is 15.2 Å². The van der Waals surface area contributed by atoms with Crippen molar-refractivity contribution in [1.82, 2.24) is 10.3 Å². The lowest BCUT2D eigenvalue weighted by molar-refractivity contribution is -0.136. The second-order valence-corrected chi connectivity index (χ2v) is 11.9. The number of nitrogens with one attached hydrogen (secondary N) is 1. The molecule has 2 N–H and O–H groups in total. The third kappa shape index (κ3) is 8.72. The van der Waals surface area contributed by atoms with E-state index in [1.54, 1.807) is 24.3 Å². The third-order valence-corrected chi connectivity index (χ3v) is 6.38. The van der Waals surface area contributed by atoms with Crippen LogP contribution in [0.3, 0.4) is 0 Å². The minimum atomic E-state index is -0.948. The second-order valence-electron chi connectivity index (χ2n) is 11.9. The van der Waals surface area contributed by atoms with Crippen molar-refractivity contribution >= 4 is 11.9 Å². The Kier molecular flexibility index (Phi) is 9.31. The SMILES string of the molecule is CC(C)(C)CC[C@@H](Oc1ccc(C(=O)NCCC(=O)O)cc1)c1ccc(-c2ccc(C(C)(C)C)cc2)nc1. The normalized spacial score (nSPS) is 12.6. The maximum Gasteiger partial charge on any atom is 0.305 e. The number of aromatic nitrogens is 1. The van der Waals surface area contributed by atoms with Crippen LogP contribution in [0.5, 0.6) is 5.75 Å². The first kappa shape index (κ1) is 28.9. The molecule has 0 aliphatic heterocycles. The first-order chi connectivity index (χ1) is 17.8. The molecule has 6 heteroatoms. The van der Waals surface area contributed by atoms with E-state index in [-0.39, 0.29) is 35.8 Å². The van der Waals surface area contributed by atoms with Gasteiger partial charge in [0.1, 0.15) is 11.9 Å². The van der Waals surface area contributed by atoms with Crippen LogP contribution in [0, 0.1) is 5.41 Å². The van der Waals surface area contributed by atoms with Crippen molar-refractivity contribution in [2.75, 3.05) is 6.54 Å². The molecule has 202 valence electrons. The van der Waals surface area contributed by atoms with Gasteiger partial charge in [0.25, 0.3) is 5.91 Å². The summed E-state index contributed by atoms with van der Waals surface area (Å²) in [5.41, 5.74) is 5.00. The molecule has 38 heavy (non-hydrogen) atoms. The molecular formula is C32H40N2O4. The van der Waals surface area contributed by atoms with E-state index in [0.717, 1.165) is 29.7 Å². The summed E-state index contributed by atoms with van der Waals surface area (Å²) in [6, 6.07) is 19.6. The van der Waals surface area contributed by atoms with Crippen molar-refractivity contribution in [3.63, 3.8) is 0 Å². The van der Waals surface area contributed by atoms with E-state index >= 15 is 0 Å². The minimum absolute atomic E-state index is 0.0883. The molecule has 6 nitrogen and oxygen atoms in total. The monoisotopic (exact) mass is 516 g/mol. The van der Waals surface area contributed by atoms with Crippen molar-refractivity contribution in [3.05, 3.63) is 83.6 Å². The Morgan fingerprint density at radius 1 is 0.921 bits per heavy atom. The van der Waals surface area contributed by atoms with E-state index < -0.39 is 5.97 Å². The number of nitrogens with zero attached hydrogens (tertiary/aromatic N) is 1. The molecule has 3 rings (SSSR count). The number of amides is 1. The van der Waals surface area contributed by atoms with Crippen molar-refractivity contribution in [1.29, 1.82) is 0 Å². The summed E-state index contributed by atoms with van der Waals surface area (Å²) < 4.78 is 6.39. The smallest absolute Gasteiger partial charge is 0.305 e. The summed E-state index contributed by atoms with van der Waals surface area (Å²) in [7, 11) is 0. The number of carboxylic acids is 1. The van der Waals surface area contributed by atoms with Gasteiger partial charge in [-0.1, -0.05) is 71.9 Å². The minimum Gasteiger partial charge on any atom is -0.486 e. The fourth-order valence-electron chi connectivity index (χ4n) is 4.00. The van der Waals surface area contributed by atoms with Crippen molar-refractivity contribution in [2.45, 2.75) is 72.3 Å². The maximum absolute atomic E-state index is 12.3. The average molecular weight is 517 g/mol. The molecule has 2 aromatic carbocycles. The zero-order valence-electron chi connectivity index (χ0n) is 23.4. The van der Waals surface area contributed by atoms with E-state index in [0.29, 0.717) is 11.3 Å². The fourth-order valence-corrected chi connectivity index (χ4v) is 4.00. The van der Waals surface area contributed by atoms with Crippen LogP contribution in [0.25, 0.3) is 11.3 Å². The van der Waals surface area contributed by atoms with Gasteiger partial charge in [0, 0.05) is 29.4 Å². The van der Waals surface area contributed by atoms with Gasteiger partial charge in [-0.25, -0.2) is 0 Å². The van der Waals surface area contributed by atoms with Gasteiger partial charge in [-0.15, -0.1) is 0 Å². The lowest BCUT2D eigenvalue weighted by atomic mass is 9.86. The first-order valence-electron chi connectivity index (χ1n) is 13.2. The molecule has 0 bridgehead atoms. The van der Waals surface area contributed by atoms with Gasteiger partial charge in [0.15, 0.2) is 0 Å². The highest BCUT2D eigenvalue weighted by Gasteiger charge is 2.20. The molecule has 3 aromatic rings. The Bertz CT molecular complexity index is 1200. The van der Waals surface area contributed by atoms with E-state index in [2.05, 4.69) is 77.2 Å². The average Bonchev–Trinajstić information content (AvgIpc) is 2.86. The number of carbonyl (C=O) groups excluding carboxylic acids is 1. The molecule has 0 spiro atoms. The third-order valence-electron chi connectivity index (χ3n) is 6.38. The molecular weight excluding hydrogens is 476 g/mol. The second kappa shape index (κ2) is 12.2. The van der Waals surface area contributed by atoms with Gasteiger partial charge >= 0.3 is 5.97 Å². The van der Waals surface area contributed by atoms with E-state index in [4.69, 9.17) is 14.8 Å². The quantitative estimate of drug-likeness (QED) is 0.297. The zero-order valence-corrected chi connectivity index (χ0v) is 23.4. The molecule has 0 saturated carbocycles. The van der Waals surface area contributed by atoms with Crippen LogP contribution in [0.15, 0.2) is 66.9 Å². The van der Waals surface area contributed by atoms with E-state index in [1.807, 2.05) is 12.3 Å². The van der Waals surface area contributed by atoms with Gasteiger partial charge in [0.05, 0.1) is 12.1 Å². The van der Waals surface area contributed by atoms with Gasteiger partial charge in [-0.2, -0.15) is 0 Å². The molecule has 0 saturated heterocycles. The summed E-state index contributed by atoms with van der Waals surface area (Å²) in [6.45, 7) is 13.3. The first-order valence-corrected chi connectivity index (χ1v) is 13.2. The molecule has 1 amide bonds. The number of pyridine rings is 1. The highest BCUT2D eigenvalue weighted by Crippen LogP contribution is 2.32. The number of aliphatic carboxylic acids is 1. The maximum atomic E-state index is 12.3. The van der Waals surface area contributed by atoms with Gasteiger partial charge in [-0.3, -0.25) is 14.6 Å². The molecule has 1 heterocycles. The number of hydrogen-bond donors (Lipinski definition) is 2. The largest absolute Gasteiger partial charge is 0.486 e. The number of hydrogen-bond acceptors (Lipinski definition) is 4. The molecule has 1 aromatic heterocycles. The van der Waals surface area contributed by atoms with Crippen molar-refractivity contribution < 1.29 is 19.4 Å². The Morgan fingerprint density at radius 3 is 2.11 bits per heavy atom. The van der Waals surface area contributed by atoms with Crippen molar-refractivity contribution in [3.8, 4) is 17.0 Å². The molecule has 0 aliphatic carbocycles. The van der Waals surface area contributed by atoms with Crippen LogP contribution in [0.1, 0.15) is 88.4 Å². The molecule has 0 aliphatic rings. The lowest BCUT2D eigenvalue weighted by Gasteiger charge is -2.24. The topological polar surface area (TPSA) is 88.5 Å². The summed E-state index contributed by atoms with van der Waals surface area (Å²) in [5.74, 6) is -0.596. The Morgan fingerprint density at radius 2 is 1.58 bits per heavy atom. The molecule has 0 unspecified atom stereocenters. The van der Waals surface area contributed by atoms with Gasteiger partial charge in [0.2, 0.25) is 0 Å². The van der Waals surface area contributed by atoms with Gasteiger partial charge in [-0.05, 0) is 59.6 Å². The van der Waals surface area contributed by atoms with Crippen LogP contribution < -0.4 is 10.1 Å². The predicted octanol–water partition coefficient (Wildman–Crippen LogP) is 7.20. The number of rotatable bonds is 10. The van der Waals surface area contributed by atoms with Crippen LogP contribution in [-0.2, 0) is 10.2 Å². The van der Waals surface area contributed by atoms with E-state index in [9.17, 15) is 9.59 Å². The standard InChI is InChI=1S/C32H40N2O4/c1-31(2,3)19-17-28(38-26-14-9-23(10-15-26)30(37)33-20-18-29(35)36)24-11-16-27(34-21-24)22-7-12-25(13-8-22)32(4,5)6/h7-16,21,28H,17-20H2,1-6H3,(H,33,37)(H,35,36)/t28-/m1/s1. The van der Waals surface area contributed by atoms with Crippen LogP contribution in [0.2, 0.25) is 0 Å². The summed E-state index contributed by atoms with van der Waals surface area (Å²) in [4.78, 5) is 27.7. The number of carboxylic acid groups (broad SMARTS) is 1. The zero-order chi connectivity index (χ0) is 27.9. The number of benzene rings is 2. The number of ether oxygens (including phenoxy) is 1. The molecule has 1 atom stereocenters. The van der Waals surface area contributed by atoms with Crippen LogP contribution in [-0.4, -0.2) is 28.5 Å².